The van der Waals surface area contributed by atoms with Gasteiger partial charge in [0.2, 0.25) is 0 Å². The first-order valence-corrected chi connectivity index (χ1v) is 6.58. The zero-order valence-corrected chi connectivity index (χ0v) is 11.2. The number of hydrogen-bond donors (Lipinski definition) is 2. The molecule has 18 heavy (non-hydrogen) atoms. The first-order valence-electron chi connectivity index (χ1n) is 6.58. The average molecular weight is 251 g/mol. The minimum atomic E-state index is -0.164. The summed E-state index contributed by atoms with van der Waals surface area (Å²) in [4.78, 5) is 11.9. The van der Waals surface area contributed by atoms with Crippen LogP contribution < -0.4 is 10.6 Å². The smallest absolute Gasteiger partial charge is 0.319 e. The van der Waals surface area contributed by atoms with Crippen molar-refractivity contribution in [3.8, 4) is 0 Å². The normalized spacial score (nSPS) is 23.7. The first-order chi connectivity index (χ1) is 8.58. The van der Waals surface area contributed by atoms with Crippen LogP contribution in [0.3, 0.4) is 0 Å². The van der Waals surface area contributed by atoms with Crippen LogP contribution in [0.2, 0.25) is 0 Å². The molecule has 0 unspecified atom stereocenters. The van der Waals surface area contributed by atoms with E-state index < -0.39 is 0 Å². The summed E-state index contributed by atoms with van der Waals surface area (Å²) in [5.41, 5.74) is 1.38. The first kappa shape index (κ1) is 12.9. The second kappa shape index (κ2) is 5.42. The van der Waals surface area contributed by atoms with E-state index in [1.807, 2.05) is 6.92 Å². The number of nitrogens with zero attached hydrogens (tertiary/aromatic N) is 1. The lowest BCUT2D eigenvalue weighted by molar-refractivity contribution is 0.232. The molecule has 0 aliphatic heterocycles. The lowest BCUT2D eigenvalue weighted by Gasteiger charge is -2.29. The van der Waals surface area contributed by atoms with Gasteiger partial charge in [-0.15, -0.1) is 0 Å². The van der Waals surface area contributed by atoms with Gasteiger partial charge in [0.1, 0.15) is 11.4 Å². The topological polar surface area (TPSA) is 67.2 Å². The average Bonchev–Trinajstić information content (AvgIpc) is 2.64. The molecule has 5 heteroatoms. The maximum Gasteiger partial charge on any atom is 0.319 e. The van der Waals surface area contributed by atoms with Gasteiger partial charge >= 0.3 is 6.03 Å². The van der Waals surface area contributed by atoms with Gasteiger partial charge in [0, 0.05) is 6.04 Å². The number of aryl methyl sites for hydroxylation is 2. The van der Waals surface area contributed by atoms with Crippen molar-refractivity contribution in [2.75, 3.05) is 5.32 Å². The number of hydrogen-bond acceptors (Lipinski definition) is 3. The van der Waals surface area contributed by atoms with E-state index in [1.165, 1.54) is 19.3 Å². The number of urea groups is 1. The Morgan fingerprint density at radius 2 is 2.06 bits per heavy atom. The van der Waals surface area contributed by atoms with Gasteiger partial charge in [-0.2, -0.15) is 0 Å². The SMILES string of the molecule is Cc1noc(C)c1NC(=O)N[C@@H]1CCCC[C@H]1C. The van der Waals surface area contributed by atoms with Crippen molar-refractivity contribution in [1.82, 2.24) is 10.5 Å². The summed E-state index contributed by atoms with van der Waals surface area (Å²) < 4.78 is 5.01. The molecule has 0 aromatic carbocycles. The molecular weight excluding hydrogens is 230 g/mol. The van der Waals surface area contributed by atoms with Crippen molar-refractivity contribution in [2.45, 2.75) is 52.5 Å². The van der Waals surface area contributed by atoms with Gasteiger partial charge in [0.05, 0.1) is 0 Å². The number of anilines is 1. The van der Waals surface area contributed by atoms with Crippen molar-refractivity contribution < 1.29 is 9.32 Å². The molecule has 1 saturated carbocycles. The molecule has 2 rings (SSSR count). The number of carbonyl (C=O) groups is 1. The van der Waals surface area contributed by atoms with Crippen LogP contribution in [-0.2, 0) is 0 Å². The fourth-order valence-electron chi connectivity index (χ4n) is 2.51. The van der Waals surface area contributed by atoms with Crippen molar-refractivity contribution in [3.05, 3.63) is 11.5 Å². The van der Waals surface area contributed by atoms with Gasteiger partial charge in [-0.25, -0.2) is 4.79 Å². The summed E-state index contributed by atoms with van der Waals surface area (Å²) in [6.45, 7) is 5.80. The van der Waals surface area contributed by atoms with Gasteiger partial charge in [-0.3, -0.25) is 0 Å². The predicted octanol–water partition coefficient (Wildman–Crippen LogP) is 2.99. The van der Waals surface area contributed by atoms with Crippen LogP contribution in [0.15, 0.2) is 4.52 Å². The highest BCUT2D eigenvalue weighted by Gasteiger charge is 2.23. The molecule has 2 N–H and O–H groups in total. The van der Waals surface area contributed by atoms with E-state index in [0.717, 1.165) is 6.42 Å². The molecule has 1 fully saturated rings. The summed E-state index contributed by atoms with van der Waals surface area (Å²) >= 11 is 0. The van der Waals surface area contributed by atoms with Crippen molar-refractivity contribution in [1.29, 1.82) is 0 Å². The molecular formula is C13H21N3O2. The van der Waals surface area contributed by atoms with Gasteiger partial charge in [-0.1, -0.05) is 24.9 Å². The predicted molar refractivity (Wildman–Crippen MR) is 69.6 cm³/mol. The lowest BCUT2D eigenvalue weighted by atomic mass is 9.86. The van der Waals surface area contributed by atoms with Crippen LogP contribution in [0.25, 0.3) is 0 Å². The summed E-state index contributed by atoms with van der Waals surface area (Å²) in [6.07, 6.45) is 4.72. The minimum Gasteiger partial charge on any atom is -0.359 e. The van der Waals surface area contributed by atoms with E-state index in [2.05, 4.69) is 22.7 Å². The van der Waals surface area contributed by atoms with E-state index in [4.69, 9.17) is 4.52 Å². The highest BCUT2D eigenvalue weighted by atomic mass is 16.5. The second-order valence-electron chi connectivity index (χ2n) is 5.17. The van der Waals surface area contributed by atoms with Gasteiger partial charge in [-0.05, 0) is 32.6 Å². The molecule has 100 valence electrons. The number of nitrogens with one attached hydrogen (secondary N) is 2. The van der Waals surface area contributed by atoms with E-state index in [9.17, 15) is 4.79 Å². The van der Waals surface area contributed by atoms with Crippen LogP contribution >= 0.6 is 0 Å². The maximum atomic E-state index is 11.9. The highest BCUT2D eigenvalue weighted by molar-refractivity contribution is 5.90. The molecule has 5 nitrogen and oxygen atoms in total. The molecule has 0 saturated heterocycles. The Morgan fingerprint density at radius 1 is 1.33 bits per heavy atom. The van der Waals surface area contributed by atoms with Crippen LogP contribution in [-0.4, -0.2) is 17.2 Å². The molecule has 0 bridgehead atoms. The zero-order valence-electron chi connectivity index (χ0n) is 11.2. The lowest BCUT2D eigenvalue weighted by Crippen LogP contribution is -2.43. The highest BCUT2D eigenvalue weighted by Crippen LogP contribution is 2.24. The Morgan fingerprint density at radius 3 is 2.67 bits per heavy atom. The number of carbonyl (C=O) groups excluding carboxylic acids is 1. The summed E-state index contributed by atoms with van der Waals surface area (Å²) in [5.74, 6) is 1.19. The maximum absolute atomic E-state index is 11.9. The summed E-state index contributed by atoms with van der Waals surface area (Å²) in [6, 6.07) is 0.113. The van der Waals surface area contributed by atoms with Crippen molar-refractivity contribution in [3.63, 3.8) is 0 Å². The molecule has 1 heterocycles. The Balaban J connectivity index is 1.92. The van der Waals surface area contributed by atoms with Crippen LogP contribution in [0.5, 0.6) is 0 Å². The molecule has 2 amide bonds. The largest absolute Gasteiger partial charge is 0.359 e. The van der Waals surface area contributed by atoms with E-state index in [-0.39, 0.29) is 12.1 Å². The summed E-state index contributed by atoms with van der Waals surface area (Å²) in [7, 11) is 0. The monoisotopic (exact) mass is 251 g/mol. The molecule has 1 aromatic heterocycles. The fourth-order valence-corrected chi connectivity index (χ4v) is 2.51. The van der Waals surface area contributed by atoms with E-state index >= 15 is 0 Å². The molecule has 2 atom stereocenters. The van der Waals surface area contributed by atoms with Gasteiger partial charge in [0.15, 0.2) is 5.76 Å². The quantitative estimate of drug-likeness (QED) is 0.849. The zero-order chi connectivity index (χ0) is 13.1. The number of amides is 2. The number of rotatable bonds is 2. The van der Waals surface area contributed by atoms with Crippen molar-refractivity contribution >= 4 is 11.7 Å². The third-order valence-electron chi connectivity index (χ3n) is 3.70. The second-order valence-corrected chi connectivity index (χ2v) is 5.17. The molecule has 0 radical (unpaired) electrons. The van der Waals surface area contributed by atoms with Crippen LogP contribution in [0.1, 0.15) is 44.1 Å². The molecule has 0 spiro atoms. The standard InChI is InChI=1S/C13H21N3O2/c1-8-6-4-5-7-11(8)14-13(17)15-12-9(2)16-18-10(12)3/h8,11H,4-7H2,1-3H3,(H2,14,15,17)/t8-,11-/m1/s1. The third-order valence-corrected chi connectivity index (χ3v) is 3.70. The number of aromatic nitrogens is 1. The van der Waals surface area contributed by atoms with Crippen molar-refractivity contribution in [2.24, 2.45) is 5.92 Å². The van der Waals surface area contributed by atoms with Crippen LogP contribution in [0.4, 0.5) is 10.5 Å². The molecule has 1 aliphatic carbocycles. The summed E-state index contributed by atoms with van der Waals surface area (Å²) in [5, 5.41) is 9.68. The van der Waals surface area contributed by atoms with Gasteiger partial charge in [0.25, 0.3) is 0 Å². The Kier molecular flexibility index (Phi) is 3.89. The van der Waals surface area contributed by atoms with E-state index in [1.54, 1.807) is 6.92 Å². The Bertz CT molecular complexity index is 408. The minimum absolute atomic E-state index is 0.164. The van der Waals surface area contributed by atoms with E-state index in [0.29, 0.717) is 23.1 Å². The fraction of sp³-hybridized carbons (Fsp3) is 0.692. The Hall–Kier alpha value is -1.52. The van der Waals surface area contributed by atoms with Crippen LogP contribution in [0, 0.1) is 19.8 Å². The molecule has 1 aromatic rings. The Labute approximate surface area is 107 Å². The van der Waals surface area contributed by atoms with Gasteiger partial charge < -0.3 is 15.2 Å². The molecule has 1 aliphatic rings. The third kappa shape index (κ3) is 2.83.